The number of nitrogens with zero attached hydrogens (tertiary/aromatic N) is 3. The van der Waals surface area contributed by atoms with E-state index in [1.54, 1.807) is 45.0 Å². The fourth-order valence-electron chi connectivity index (χ4n) is 8.19. The second-order valence-corrected chi connectivity index (χ2v) is 20.0. The highest BCUT2D eigenvalue weighted by molar-refractivity contribution is 14.1. The number of halogens is 8. The molecule has 1 aromatic heterocycles. The number of hydrogen-bond donors (Lipinski definition) is 5. The Bertz CT molecular complexity index is 2680. The highest BCUT2D eigenvalue weighted by Gasteiger charge is 2.56. The van der Waals surface area contributed by atoms with Crippen molar-refractivity contribution in [1.29, 1.82) is 0 Å². The summed E-state index contributed by atoms with van der Waals surface area (Å²) in [4.78, 5) is 54.4. The number of fused-ring (bicyclic) bond motifs is 3. The largest absolute Gasteiger partial charge is 0.453 e. The molecule has 4 amide bonds. The van der Waals surface area contributed by atoms with Crippen LogP contribution in [-0.2, 0) is 32.0 Å². The molecule has 0 spiro atoms. The van der Waals surface area contributed by atoms with Crippen LogP contribution in [0.15, 0.2) is 97.2 Å². The van der Waals surface area contributed by atoms with Crippen LogP contribution in [0.4, 0.5) is 40.3 Å². The highest BCUT2D eigenvalue weighted by atomic mass is 127. The molecule has 5 N–H and O–H groups in total. The predicted octanol–water partition coefficient (Wildman–Crippen LogP) is 9.02. The Kier molecular flexibility index (Phi) is 17.3. The van der Waals surface area contributed by atoms with Crippen LogP contribution in [0.1, 0.15) is 69.3 Å². The molecule has 1 aliphatic rings. The summed E-state index contributed by atoms with van der Waals surface area (Å²) in [7, 11) is 0.884. The summed E-state index contributed by atoms with van der Waals surface area (Å²) in [5.74, 6) is -5.16. The van der Waals surface area contributed by atoms with Gasteiger partial charge in [-0.1, -0.05) is 81.4 Å². The Morgan fingerprint density at radius 3 is 1.90 bits per heavy atom. The molecule has 0 fully saturated rings. The number of nitrogens with one attached hydrogen (secondary N) is 4. The molecule has 0 saturated carbocycles. The molecule has 0 bridgehead atoms. The van der Waals surface area contributed by atoms with Gasteiger partial charge in [0.05, 0.1) is 30.4 Å². The van der Waals surface area contributed by atoms with Gasteiger partial charge >= 0.3 is 24.9 Å². The number of ether oxygens (including phenoxy) is 2. The lowest BCUT2D eigenvalue weighted by Gasteiger charge is -2.37. The zero-order valence-electron chi connectivity index (χ0n) is 39.8. The highest BCUT2D eigenvalue weighted by Crippen LogP contribution is 2.45. The van der Waals surface area contributed by atoms with Crippen LogP contribution in [0.3, 0.4) is 0 Å². The molecule has 4 aromatic carbocycles. The third-order valence-corrected chi connectivity index (χ3v) is 13.0. The fourth-order valence-corrected chi connectivity index (χ4v) is 8.55. The molecule has 0 unspecified atom stereocenters. The van der Waals surface area contributed by atoms with Gasteiger partial charge in [-0.2, -0.15) is 27.1 Å². The Morgan fingerprint density at radius 1 is 0.806 bits per heavy atom. The van der Waals surface area contributed by atoms with Gasteiger partial charge in [-0.15, -0.1) is 0 Å². The SMILES string of the molecule is COC(=O)N[C@H](C(=O)N[C@@H](Cc1ccc(I)cc1)[C@@H](O)CN(Cc1c(F)cc(-c2ccn(C(F)F)n2)cc1F)NC(=O)[C@@H](NC(=O)OCC1c2ccccc2-c2ccccc21)C(C)(C)C)C(C)(C)C(F)(F)F. The van der Waals surface area contributed by atoms with Crippen LogP contribution >= 0.6 is 22.6 Å². The normalized spacial score (nSPS) is 14.5. The monoisotopic (exact) mass is 1120 g/mol. The van der Waals surface area contributed by atoms with Gasteiger partial charge in [0.15, 0.2) is 0 Å². The number of alkyl halides is 5. The maximum atomic E-state index is 16.1. The molecule has 22 heteroatoms. The van der Waals surface area contributed by atoms with Crippen molar-refractivity contribution in [3.05, 3.63) is 135 Å². The number of hydrogen-bond acceptors (Lipinski definition) is 9. The van der Waals surface area contributed by atoms with E-state index in [0.717, 1.165) is 62.3 Å². The summed E-state index contributed by atoms with van der Waals surface area (Å²) in [6.07, 6.45) is -8.65. The Labute approximate surface area is 424 Å². The van der Waals surface area contributed by atoms with E-state index in [0.29, 0.717) is 19.4 Å². The van der Waals surface area contributed by atoms with Gasteiger partial charge in [-0.25, -0.2) is 28.1 Å². The predicted molar refractivity (Wildman–Crippen MR) is 259 cm³/mol. The molecule has 5 aromatic rings. The van der Waals surface area contributed by atoms with Crippen molar-refractivity contribution in [3.8, 4) is 22.4 Å². The van der Waals surface area contributed by atoms with Gasteiger partial charge in [0.1, 0.15) is 30.3 Å². The summed E-state index contributed by atoms with van der Waals surface area (Å²) < 4.78 is 113. The molecule has 1 aliphatic carbocycles. The van der Waals surface area contributed by atoms with Crippen LogP contribution in [0.5, 0.6) is 0 Å². The van der Waals surface area contributed by atoms with Gasteiger partial charge in [0.2, 0.25) is 5.91 Å². The number of hydrazine groups is 1. The molecule has 72 heavy (non-hydrogen) atoms. The van der Waals surface area contributed by atoms with Crippen LogP contribution in [-0.4, -0.2) is 94.6 Å². The first-order valence-corrected chi connectivity index (χ1v) is 23.5. The van der Waals surface area contributed by atoms with Crippen molar-refractivity contribution in [3.63, 3.8) is 0 Å². The van der Waals surface area contributed by atoms with Crippen molar-refractivity contribution in [2.24, 2.45) is 10.8 Å². The lowest BCUT2D eigenvalue weighted by atomic mass is 9.82. The lowest BCUT2D eigenvalue weighted by Crippen LogP contribution is -2.63. The van der Waals surface area contributed by atoms with E-state index in [2.05, 4.69) is 25.9 Å². The van der Waals surface area contributed by atoms with Crippen molar-refractivity contribution < 1.29 is 64.5 Å². The number of aliphatic hydroxyl groups is 1. The molecule has 0 saturated heterocycles. The second kappa shape index (κ2) is 22.7. The van der Waals surface area contributed by atoms with E-state index in [4.69, 9.17) is 4.74 Å². The van der Waals surface area contributed by atoms with Crippen molar-refractivity contribution >= 4 is 46.6 Å². The zero-order chi connectivity index (χ0) is 52.9. The minimum absolute atomic E-state index is 0.114. The van der Waals surface area contributed by atoms with Gasteiger partial charge in [0, 0.05) is 39.9 Å². The molecular formula is C50H53F7IN7O7. The quantitative estimate of drug-likeness (QED) is 0.0326. The second-order valence-electron chi connectivity index (χ2n) is 18.8. The molecule has 0 radical (unpaired) electrons. The third kappa shape index (κ3) is 13.0. The first-order valence-electron chi connectivity index (χ1n) is 22.4. The molecule has 386 valence electrons. The van der Waals surface area contributed by atoms with E-state index >= 15 is 8.78 Å². The maximum absolute atomic E-state index is 16.1. The zero-order valence-corrected chi connectivity index (χ0v) is 41.9. The average molecular weight is 1120 g/mol. The summed E-state index contributed by atoms with van der Waals surface area (Å²) in [6, 6.07) is 19.4. The number of benzene rings is 4. The van der Waals surface area contributed by atoms with Gasteiger partial charge in [-0.05, 0) is 106 Å². The first-order chi connectivity index (χ1) is 33.8. The molecule has 14 nitrogen and oxygen atoms in total. The van der Waals surface area contributed by atoms with Crippen molar-refractivity contribution in [2.75, 3.05) is 20.3 Å². The van der Waals surface area contributed by atoms with Crippen LogP contribution in [0.2, 0.25) is 0 Å². The average Bonchev–Trinajstić information content (AvgIpc) is 3.94. The molecule has 0 aliphatic heterocycles. The van der Waals surface area contributed by atoms with Gasteiger partial charge in [0.25, 0.3) is 5.91 Å². The Morgan fingerprint density at radius 2 is 1.38 bits per heavy atom. The van der Waals surface area contributed by atoms with Gasteiger partial charge < -0.3 is 30.5 Å². The summed E-state index contributed by atoms with van der Waals surface area (Å²) in [5, 5.41) is 23.5. The van der Waals surface area contributed by atoms with Crippen molar-refractivity contribution in [1.82, 2.24) is 36.2 Å². The van der Waals surface area contributed by atoms with E-state index in [-0.39, 0.29) is 34.9 Å². The maximum Gasteiger partial charge on any atom is 0.407 e. The third-order valence-electron chi connectivity index (χ3n) is 12.3. The fraction of sp³-hybridized carbons (Fsp3) is 0.380. The Balaban J connectivity index is 1.31. The standard InChI is InChI=1S/C50H53F7IN7O7/c1-48(2,3)41(60-47(70)72-26-35-32-13-9-7-11-30(32)31-12-8-10-14-33(31)35)44(68)63-64(24-34-36(51)22-28(23-37(34)52)38-19-20-65(62-38)45(53)54)25-40(66)39(21-27-15-17-29(58)18-16-27)59-43(67)42(61-46(69)71-6)49(4,5)50(55,56)57/h7-20,22-23,35,39-42,45,66H,21,24-26H2,1-6H3,(H,59,67)(H,60,70)(H,61,69)(H,63,68)/t39-,40-,41+,42+/m0/s1. The molecule has 1 heterocycles. The van der Waals surface area contributed by atoms with E-state index < -0.39 is 102 Å². The number of amides is 4. The number of rotatable bonds is 18. The van der Waals surface area contributed by atoms with E-state index in [9.17, 15) is 46.2 Å². The van der Waals surface area contributed by atoms with Crippen LogP contribution < -0.4 is 21.4 Å². The number of carbonyl (C=O) groups is 4. The van der Waals surface area contributed by atoms with Gasteiger partial charge in [-0.3, -0.25) is 15.0 Å². The summed E-state index contributed by atoms with van der Waals surface area (Å²) in [6.45, 7) is 1.37. The topological polar surface area (TPSA) is 176 Å². The minimum atomic E-state index is -5.06. The molecular weight excluding hydrogens is 1070 g/mol. The smallest absolute Gasteiger partial charge is 0.407 e. The summed E-state index contributed by atoms with van der Waals surface area (Å²) in [5.41, 5.74) is 1.67. The van der Waals surface area contributed by atoms with Crippen LogP contribution in [0.25, 0.3) is 22.4 Å². The molecule has 4 atom stereocenters. The van der Waals surface area contributed by atoms with Crippen LogP contribution in [0, 0.1) is 26.0 Å². The first kappa shape index (κ1) is 55.1. The number of methoxy groups -OCH3 is 1. The summed E-state index contributed by atoms with van der Waals surface area (Å²) >= 11 is 2.03. The minimum Gasteiger partial charge on any atom is -0.453 e. The number of carbonyl (C=O) groups excluding carboxylic acids is 4. The number of aliphatic hydroxyl groups excluding tert-OH is 1. The number of alkyl carbamates (subject to hydrolysis) is 2. The number of aromatic nitrogens is 2. The Hall–Kier alpha value is -6.27. The molecule has 6 rings (SSSR count). The van der Waals surface area contributed by atoms with Crippen molar-refractivity contribution in [2.45, 2.75) is 90.5 Å². The van der Waals surface area contributed by atoms with E-state index in [1.165, 1.54) is 0 Å². The lowest BCUT2D eigenvalue weighted by molar-refractivity contribution is -0.220. The van der Waals surface area contributed by atoms with E-state index in [1.807, 2.05) is 76.4 Å².